The molecule has 0 radical (unpaired) electrons. The fraction of sp³-hybridized carbons (Fsp3) is 0.321. The molecular formula is C28H34N6O7S. The maximum atomic E-state index is 13.6. The predicted octanol–water partition coefficient (Wildman–Crippen LogP) is -0.280. The number of hydrogen-bond acceptors (Lipinski definition) is 8. The summed E-state index contributed by atoms with van der Waals surface area (Å²) in [5, 5.41) is 27.6. The Kier molecular flexibility index (Phi) is 11.3. The highest BCUT2D eigenvalue weighted by Crippen LogP contribution is 2.20. The molecule has 3 rings (SSSR count). The first-order chi connectivity index (χ1) is 20.0. The molecule has 0 saturated carbocycles. The second-order valence-electron chi connectivity index (χ2n) is 9.75. The van der Waals surface area contributed by atoms with E-state index in [4.69, 9.17) is 11.5 Å². The summed E-state index contributed by atoms with van der Waals surface area (Å²) in [6.07, 6.45) is 1.13. The zero-order valence-corrected chi connectivity index (χ0v) is 23.5. The van der Waals surface area contributed by atoms with Gasteiger partial charge in [0.15, 0.2) is 0 Å². The van der Waals surface area contributed by atoms with Crippen molar-refractivity contribution in [3.8, 4) is 5.75 Å². The first kappa shape index (κ1) is 32.0. The van der Waals surface area contributed by atoms with Gasteiger partial charge in [-0.25, -0.2) is 4.79 Å². The molecule has 1 heterocycles. The number of primary amides is 1. The van der Waals surface area contributed by atoms with E-state index in [1.165, 1.54) is 12.1 Å². The van der Waals surface area contributed by atoms with Crippen molar-refractivity contribution in [3.63, 3.8) is 0 Å². The van der Waals surface area contributed by atoms with Crippen LogP contribution < -0.4 is 27.4 Å². The zero-order chi connectivity index (χ0) is 30.8. The van der Waals surface area contributed by atoms with E-state index in [9.17, 15) is 34.2 Å². The lowest BCUT2D eigenvalue weighted by Gasteiger charge is -2.25. The number of phenolic OH excluding ortho intramolecular Hbond substituents is 1. The fourth-order valence-electron chi connectivity index (χ4n) is 4.26. The summed E-state index contributed by atoms with van der Waals surface area (Å²) in [6, 6.07) is 8.42. The molecule has 224 valence electrons. The van der Waals surface area contributed by atoms with Crippen LogP contribution in [0.1, 0.15) is 24.0 Å². The van der Waals surface area contributed by atoms with Gasteiger partial charge in [-0.15, -0.1) is 0 Å². The number of carbonyl (C=O) groups excluding carboxylic acids is 4. The third kappa shape index (κ3) is 8.97. The number of aromatic hydroxyl groups is 1. The minimum Gasteiger partial charge on any atom is -0.508 e. The van der Waals surface area contributed by atoms with Crippen molar-refractivity contribution in [2.75, 3.05) is 5.75 Å². The van der Waals surface area contributed by atoms with Gasteiger partial charge in [-0.05, 0) is 35.7 Å². The molecule has 0 bridgehead atoms. The van der Waals surface area contributed by atoms with E-state index in [1.54, 1.807) is 18.3 Å². The number of para-hydroxylation sites is 1. The topological polar surface area (TPSA) is 230 Å². The number of carboxylic acid groups (broad SMARTS) is 1. The van der Waals surface area contributed by atoms with Gasteiger partial charge in [-0.2, -0.15) is 12.6 Å². The van der Waals surface area contributed by atoms with Crippen LogP contribution in [0.2, 0.25) is 0 Å². The summed E-state index contributed by atoms with van der Waals surface area (Å²) >= 11 is 4.03. The lowest BCUT2D eigenvalue weighted by Crippen LogP contribution is -2.58. The molecule has 0 fully saturated rings. The Morgan fingerprint density at radius 1 is 0.857 bits per heavy atom. The number of carboxylic acids is 1. The van der Waals surface area contributed by atoms with E-state index in [0.29, 0.717) is 11.1 Å². The summed E-state index contributed by atoms with van der Waals surface area (Å²) in [6.45, 7) is 0. The number of nitrogens with one attached hydrogen (secondary N) is 4. The molecule has 0 aliphatic rings. The summed E-state index contributed by atoms with van der Waals surface area (Å²) < 4.78 is 0. The number of thiol groups is 1. The van der Waals surface area contributed by atoms with Gasteiger partial charge in [0.25, 0.3) is 0 Å². The van der Waals surface area contributed by atoms with Gasteiger partial charge >= 0.3 is 5.97 Å². The Balaban J connectivity index is 1.90. The number of amides is 4. The predicted molar refractivity (Wildman–Crippen MR) is 157 cm³/mol. The highest BCUT2D eigenvalue weighted by atomic mass is 32.1. The highest BCUT2D eigenvalue weighted by molar-refractivity contribution is 7.80. The Labute approximate surface area is 246 Å². The number of nitrogens with two attached hydrogens (primary N) is 2. The van der Waals surface area contributed by atoms with Crippen molar-refractivity contribution < 1.29 is 34.2 Å². The quantitative estimate of drug-likeness (QED) is 0.105. The van der Waals surface area contributed by atoms with E-state index in [0.717, 1.165) is 10.9 Å². The second-order valence-corrected chi connectivity index (χ2v) is 10.1. The number of fused-ring (bicyclic) bond motifs is 1. The standard InChI is InChI=1S/C28H34N6O7S/c29-19(14-42)25(37)33-22(11-15-5-7-17(35)8-6-15)26(38)34-23(12-16-13-31-20-4-2-1-3-18(16)20)27(39)32-21(28(40)41)9-10-24(30)36/h1-8,13,19,21-23,31,35,42H,9-12,14,29H2,(H2,30,36)(H,32,39)(H,33,37)(H,34,38)(H,40,41). The minimum absolute atomic E-state index is 0.00503. The third-order valence-corrected chi connectivity index (χ3v) is 6.96. The van der Waals surface area contributed by atoms with Crippen molar-refractivity contribution in [1.82, 2.24) is 20.9 Å². The molecule has 0 aliphatic carbocycles. The summed E-state index contributed by atoms with van der Waals surface area (Å²) in [7, 11) is 0. The smallest absolute Gasteiger partial charge is 0.326 e. The lowest BCUT2D eigenvalue weighted by molar-refractivity contribution is -0.142. The van der Waals surface area contributed by atoms with Crippen LogP contribution in [0.3, 0.4) is 0 Å². The lowest BCUT2D eigenvalue weighted by atomic mass is 10.0. The number of hydrogen-bond donors (Lipinski definition) is 9. The Morgan fingerprint density at radius 2 is 1.45 bits per heavy atom. The van der Waals surface area contributed by atoms with Gasteiger partial charge in [0, 0.05) is 42.1 Å². The summed E-state index contributed by atoms with van der Waals surface area (Å²) in [4.78, 5) is 65.8. The molecule has 1 aromatic heterocycles. The molecule has 14 heteroatoms. The molecule has 4 amide bonds. The number of aliphatic carboxylic acids is 1. The highest BCUT2D eigenvalue weighted by Gasteiger charge is 2.31. The van der Waals surface area contributed by atoms with Gasteiger partial charge in [0.05, 0.1) is 6.04 Å². The fourth-order valence-corrected chi connectivity index (χ4v) is 4.42. The van der Waals surface area contributed by atoms with Gasteiger partial charge in [-0.1, -0.05) is 30.3 Å². The van der Waals surface area contributed by atoms with Crippen molar-refractivity contribution in [3.05, 3.63) is 65.9 Å². The first-order valence-corrected chi connectivity index (χ1v) is 13.7. The maximum absolute atomic E-state index is 13.6. The van der Waals surface area contributed by atoms with Crippen LogP contribution in [-0.4, -0.2) is 74.7 Å². The largest absolute Gasteiger partial charge is 0.508 e. The van der Waals surface area contributed by atoms with E-state index in [1.807, 2.05) is 24.3 Å². The first-order valence-electron chi connectivity index (χ1n) is 13.1. The van der Waals surface area contributed by atoms with E-state index >= 15 is 0 Å². The average molecular weight is 599 g/mol. The third-order valence-electron chi connectivity index (χ3n) is 6.57. The number of carbonyl (C=O) groups is 5. The van der Waals surface area contributed by atoms with Crippen LogP contribution in [0, 0.1) is 0 Å². The van der Waals surface area contributed by atoms with Gasteiger partial charge in [0.1, 0.15) is 23.9 Å². The van der Waals surface area contributed by atoms with Crippen molar-refractivity contribution in [2.45, 2.75) is 49.9 Å². The number of rotatable bonds is 15. The number of aromatic amines is 1. The Bertz CT molecular complexity index is 1430. The summed E-state index contributed by atoms with van der Waals surface area (Å²) in [5.41, 5.74) is 13.0. The molecule has 2 aromatic carbocycles. The molecule has 10 N–H and O–H groups in total. The molecule has 13 nitrogen and oxygen atoms in total. The second kappa shape index (κ2) is 14.9. The number of H-pyrrole nitrogens is 1. The van der Waals surface area contributed by atoms with Crippen LogP contribution in [0.25, 0.3) is 10.9 Å². The summed E-state index contributed by atoms with van der Waals surface area (Å²) in [5.74, 6) is -4.25. The van der Waals surface area contributed by atoms with E-state index < -0.39 is 53.8 Å². The van der Waals surface area contributed by atoms with Crippen LogP contribution in [0.15, 0.2) is 54.7 Å². The number of phenols is 1. The van der Waals surface area contributed by atoms with Crippen molar-refractivity contribution in [2.24, 2.45) is 11.5 Å². The van der Waals surface area contributed by atoms with Crippen LogP contribution >= 0.6 is 12.6 Å². The average Bonchev–Trinajstić information content (AvgIpc) is 3.37. The monoisotopic (exact) mass is 598 g/mol. The van der Waals surface area contributed by atoms with Crippen LogP contribution in [0.5, 0.6) is 5.75 Å². The van der Waals surface area contributed by atoms with Crippen LogP contribution in [0.4, 0.5) is 0 Å². The van der Waals surface area contributed by atoms with Gasteiger partial charge in [0.2, 0.25) is 23.6 Å². The normalized spacial score (nSPS) is 13.9. The molecule has 0 spiro atoms. The molecule has 4 atom stereocenters. The number of benzene rings is 2. The maximum Gasteiger partial charge on any atom is 0.326 e. The van der Waals surface area contributed by atoms with Crippen molar-refractivity contribution >= 4 is 53.1 Å². The van der Waals surface area contributed by atoms with Crippen LogP contribution in [-0.2, 0) is 36.8 Å². The molecule has 42 heavy (non-hydrogen) atoms. The number of aromatic nitrogens is 1. The van der Waals surface area contributed by atoms with E-state index in [-0.39, 0.29) is 37.2 Å². The van der Waals surface area contributed by atoms with Gasteiger partial charge < -0.3 is 42.6 Å². The molecule has 3 aromatic rings. The SMILES string of the molecule is NC(=O)CCC(NC(=O)C(Cc1c[nH]c2ccccc12)NC(=O)C(Cc1ccc(O)cc1)NC(=O)C(N)CS)C(=O)O. The van der Waals surface area contributed by atoms with E-state index in [2.05, 4.69) is 33.6 Å². The van der Waals surface area contributed by atoms with Crippen molar-refractivity contribution in [1.29, 1.82) is 0 Å². The minimum atomic E-state index is -1.44. The zero-order valence-electron chi connectivity index (χ0n) is 22.6. The molecular weight excluding hydrogens is 564 g/mol. The molecule has 4 unspecified atom stereocenters. The molecule has 0 saturated heterocycles. The van der Waals surface area contributed by atoms with Gasteiger partial charge in [-0.3, -0.25) is 19.2 Å². The Morgan fingerprint density at radius 3 is 2.07 bits per heavy atom. The Hall–Kier alpha value is -4.56. The molecule has 0 aliphatic heterocycles.